The Morgan fingerprint density at radius 1 is 1.06 bits per heavy atom. The summed E-state index contributed by atoms with van der Waals surface area (Å²) in [5, 5.41) is 8.66. The smallest absolute Gasteiger partial charge is 0.351 e. The molecule has 36 heavy (non-hydrogen) atoms. The summed E-state index contributed by atoms with van der Waals surface area (Å²) >= 11 is 7.31. The van der Waals surface area contributed by atoms with Gasteiger partial charge in [0.05, 0.1) is 12.1 Å². The number of anilines is 2. The molecule has 1 aliphatic heterocycles. The number of carbonyl (C=O) groups is 2. The van der Waals surface area contributed by atoms with Gasteiger partial charge in [-0.3, -0.25) is 14.5 Å². The number of halogens is 4. The van der Waals surface area contributed by atoms with Crippen molar-refractivity contribution in [2.45, 2.75) is 12.7 Å². The van der Waals surface area contributed by atoms with Crippen molar-refractivity contribution in [2.24, 2.45) is 0 Å². The van der Waals surface area contributed by atoms with E-state index in [1.54, 1.807) is 22.4 Å². The average Bonchev–Trinajstić information content (AvgIpc) is 3.31. The number of aromatic nitrogens is 1. The molecular formula is C24H23ClF3N5O2S. The number of hydrogen-bond donors (Lipinski definition) is 2. The van der Waals surface area contributed by atoms with Crippen LogP contribution in [0.3, 0.4) is 0 Å². The number of alkyl halides is 3. The number of carbonyl (C=O) groups excluding carboxylic acids is 2. The normalized spacial score (nSPS) is 14.5. The Kier molecular flexibility index (Phi) is 8.12. The summed E-state index contributed by atoms with van der Waals surface area (Å²) in [4.78, 5) is 33.1. The van der Waals surface area contributed by atoms with Crippen molar-refractivity contribution in [3.8, 4) is 0 Å². The molecule has 1 aliphatic rings. The third kappa shape index (κ3) is 6.96. The van der Waals surface area contributed by atoms with Gasteiger partial charge in [-0.2, -0.15) is 13.2 Å². The number of amides is 2. The Morgan fingerprint density at radius 3 is 2.53 bits per heavy atom. The highest BCUT2D eigenvalue weighted by molar-refractivity contribution is 7.14. The van der Waals surface area contributed by atoms with Gasteiger partial charge in [-0.15, -0.1) is 11.3 Å². The Labute approximate surface area is 214 Å². The molecule has 2 N–H and O–H groups in total. The Hall–Kier alpha value is -3.15. The van der Waals surface area contributed by atoms with Crippen molar-refractivity contribution < 1.29 is 22.8 Å². The Bertz CT molecular complexity index is 1230. The topological polar surface area (TPSA) is 77.6 Å². The van der Waals surface area contributed by atoms with E-state index in [9.17, 15) is 22.8 Å². The lowest BCUT2D eigenvalue weighted by molar-refractivity contribution is -0.137. The minimum atomic E-state index is -4.43. The summed E-state index contributed by atoms with van der Waals surface area (Å²) in [5.74, 6) is -0.470. The second-order valence-electron chi connectivity index (χ2n) is 8.22. The molecule has 2 aromatic carbocycles. The first-order valence-electron chi connectivity index (χ1n) is 11.1. The van der Waals surface area contributed by atoms with Gasteiger partial charge in [0.2, 0.25) is 5.91 Å². The van der Waals surface area contributed by atoms with Gasteiger partial charge in [-0.25, -0.2) is 4.98 Å². The van der Waals surface area contributed by atoms with E-state index in [2.05, 4.69) is 15.6 Å². The van der Waals surface area contributed by atoms with Crippen molar-refractivity contribution in [2.75, 3.05) is 38.0 Å². The first kappa shape index (κ1) is 25.9. The zero-order valence-corrected chi connectivity index (χ0v) is 20.6. The second kappa shape index (κ2) is 11.3. The van der Waals surface area contributed by atoms with Crippen molar-refractivity contribution in [1.29, 1.82) is 0 Å². The van der Waals surface area contributed by atoms with Crippen LogP contribution >= 0.6 is 22.9 Å². The maximum atomic E-state index is 12.8. The lowest BCUT2D eigenvalue weighted by Gasteiger charge is -2.33. The van der Waals surface area contributed by atoms with E-state index in [0.717, 1.165) is 17.8 Å². The highest BCUT2D eigenvalue weighted by atomic mass is 35.5. The summed E-state index contributed by atoms with van der Waals surface area (Å²) in [6, 6.07) is 12.1. The molecule has 4 rings (SSSR count). The SMILES string of the molecule is O=C(CN1CCN(C(=O)c2csc(Nc3cccc(Cl)c3)n2)CC1)NCc1cccc(C(F)(F)F)c1. The standard InChI is InChI=1S/C24H23ClF3N5O2S/c25-18-5-2-6-19(12-18)30-23-31-20(15-36-23)22(35)33-9-7-32(8-10-33)14-21(34)29-13-16-3-1-4-17(11-16)24(26,27)28/h1-6,11-12,15H,7-10,13-14H2,(H,29,34)(H,30,31). The molecule has 0 bridgehead atoms. The number of rotatable bonds is 7. The van der Waals surface area contributed by atoms with Crippen molar-refractivity contribution in [3.63, 3.8) is 0 Å². The van der Waals surface area contributed by atoms with Gasteiger partial charge in [-0.05, 0) is 35.9 Å². The molecule has 3 aromatic rings. The summed E-state index contributed by atoms with van der Waals surface area (Å²) in [6.45, 7) is 1.99. The molecule has 1 aromatic heterocycles. The molecule has 0 unspecified atom stereocenters. The first-order valence-corrected chi connectivity index (χ1v) is 12.4. The minimum Gasteiger partial charge on any atom is -0.351 e. The van der Waals surface area contributed by atoms with Crippen LogP contribution in [0.2, 0.25) is 5.02 Å². The minimum absolute atomic E-state index is 0.0105. The lowest BCUT2D eigenvalue weighted by atomic mass is 10.1. The maximum Gasteiger partial charge on any atom is 0.416 e. The molecule has 0 radical (unpaired) electrons. The van der Waals surface area contributed by atoms with Gasteiger partial charge < -0.3 is 15.5 Å². The summed E-state index contributed by atoms with van der Waals surface area (Å²) in [5.41, 5.74) is 0.746. The largest absolute Gasteiger partial charge is 0.416 e. The summed E-state index contributed by atoms with van der Waals surface area (Å²) < 4.78 is 38.5. The first-order chi connectivity index (χ1) is 17.2. The fraction of sp³-hybridized carbons (Fsp3) is 0.292. The highest BCUT2D eigenvalue weighted by Gasteiger charge is 2.30. The zero-order valence-electron chi connectivity index (χ0n) is 19.0. The number of hydrogen-bond acceptors (Lipinski definition) is 6. The van der Waals surface area contributed by atoms with Crippen LogP contribution in [0.25, 0.3) is 0 Å². The number of piperazine rings is 1. The van der Waals surface area contributed by atoms with Crippen LogP contribution in [0, 0.1) is 0 Å². The molecule has 0 spiro atoms. The number of thiazole rings is 1. The number of nitrogens with one attached hydrogen (secondary N) is 2. The van der Waals surface area contributed by atoms with Crippen molar-refractivity contribution >= 4 is 45.6 Å². The van der Waals surface area contributed by atoms with E-state index in [4.69, 9.17) is 11.6 Å². The van der Waals surface area contributed by atoms with Crippen molar-refractivity contribution in [1.82, 2.24) is 20.1 Å². The van der Waals surface area contributed by atoms with E-state index < -0.39 is 11.7 Å². The summed E-state index contributed by atoms with van der Waals surface area (Å²) in [6.07, 6.45) is -4.43. The van der Waals surface area contributed by atoms with Gasteiger partial charge in [0.15, 0.2) is 5.13 Å². The molecular weight excluding hydrogens is 515 g/mol. The van der Waals surface area contributed by atoms with E-state index >= 15 is 0 Å². The maximum absolute atomic E-state index is 12.8. The number of benzene rings is 2. The van der Waals surface area contributed by atoms with Gasteiger partial charge in [0.1, 0.15) is 5.69 Å². The Morgan fingerprint density at radius 2 is 1.81 bits per heavy atom. The van der Waals surface area contributed by atoms with E-state index in [0.29, 0.717) is 47.6 Å². The number of nitrogens with zero attached hydrogens (tertiary/aromatic N) is 3. The van der Waals surface area contributed by atoms with Crippen LogP contribution in [-0.4, -0.2) is 59.3 Å². The van der Waals surface area contributed by atoms with Gasteiger partial charge >= 0.3 is 6.18 Å². The van der Waals surface area contributed by atoms with Crippen LogP contribution in [-0.2, 0) is 17.5 Å². The molecule has 190 valence electrons. The molecule has 7 nitrogen and oxygen atoms in total. The van der Waals surface area contributed by atoms with E-state index in [1.807, 2.05) is 17.0 Å². The molecule has 2 amide bonds. The Balaban J connectivity index is 1.22. The van der Waals surface area contributed by atoms with Gasteiger partial charge in [-0.1, -0.05) is 29.8 Å². The fourth-order valence-electron chi connectivity index (χ4n) is 3.71. The van der Waals surface area contributed by atoms with Crippen LogP contribution in [0.15, 0.2) is 53.9 Å². The lowest BCUT2D eigenvalue weighted by Crippen LogP contribution is -2.51. The van der Waals surface area contributed by atoms with E-state index in [1.165, 1.54) is 23.5 Å². The van der Waals surface area contributed by atoms with Gasteiger partial charge in [0, 0.05) is 48.8 Å². The third-order valence-electron chi connectivity index (χ3n) is 5.57. The zero-order chi connectivity index (χ0) is 25.7. The monoisotopic (exact) mass is 537 g/mol. The van der Waals surface area contributed by atoms with Crippen LogP contribution in [0.4, 0.5) is 24.0 Å². The van der Waals surface area contributed by atoms with Gasteiger partial charge in [0.25, 0.3) is 5.91 Å². The quantitative estimate of drug-likeness (QED) is 0.459. The molecule has 2 heterocycles. The third-order valence-corrected chi connectivity index (χ3v) is 6.56. The second-order valence-corrected chi connectivity index (χ2v) is 9.51. The predicted molar refractivity (Wildman–Crippen MR) is 132 cm³/mol. The summed E-state index contributed by atoms with van der Waals surface area (Å²) in [7, 11) is 0. The molecule has 12 heteroatoms. The molecule has 0 atom stereocenters. The van der Waals surface area contributed by atoms with E-state index in [-0.39, 0.29) is 24.9 Å². The molecule has 1 saturated heterocycles. The molecule has 0 aliphatic carbocycles. The van der Waals surface area contributed by atoms with Crippen LogP contribution in [0.5, 0.6) is 0 Å². The van der Waals surface area contributed by atoms with Crippen LogP contribution < -0.4 is 10.6 Å². The average molecular weight is 538 g/mol. The highest BCUT2D eigenvalue weighted by Crippen LogP contribution is 2.29. The van der Waals surface area contributed by atoms with Crippen LogP contribution in [0.1, 0.15) is 21.6 Å². The molecule has 1 fully saturated rings. The van der Waals surface area contributed by atoms with Crippen molar-refractivity contribution in [3.05, 3.63) is 75.8 Å². The fourth-order valence-corrected chi connectivity index (χ4v) is 4.60. The molecule has 0 saturated carbocycles. The predicted octanol–water partition coefficient (Wildman–Crippen LogP) is 4.63.